The molecule has 1 atom stereocenters. The number of fused-ring (bicyclic) bond motifs is 1. The maximum absolute atomic E-state index is 13.2. The summed E-state index contributed by atoms with van der Waals surface area (Å²) in [5, 5.41) is 10.5. The summed E-state index contributed by atoms with van der Waals surface area (Å²) in [4.78, 5) is 23.5. The summed E-state index contributed by atoms with van der Waals surface area (Å²) in [6.07, 6.45) is 1.77. The molecule has 6 nitrogen and oxygen atoms in total. The number of nitrogens with two attached hydrogens (primary N) is 1. The van der Waals surface area contributed by atoms with Gasteiger partial charge in [-0.15, -0.1) is 0 Å². The van der Waals surface area contributed by atoms with E-state index in [-0.39, 0.29) is 24.9 Å². The monoisotopic (exact) mass is 393 g/mol. The van der Waals surface area contributed by atoms with Gasteiger partial charge in [0.05, 0.1) is 35.3 Å². The molecule has 2 heterocycles. The number of aryl methyl sites for hydroxylation is 1. The highest BCUT2D eigenvalue weighted by molar-refractivity contribution is 6.30. The topological polar surface area (TPSA) is 95.9 Å². The van der Waals surface area contributed by atoms with Crippen LogP contribution in [0.5, 0.6) is 0 Å². The highest BCUT2D eigenvalue weighted by Gasteiger charge is 2.22. The Kier molecular flexibility index (Phi) is 5.76. The van der Waals surface area contributed by atoms with Crippen LogP contribution in [-0.4, -0.2) is 26.8 Å². The number of nitriles is 1. The smallest absolute Gasteiger partial charge is 0.254 e. The Morgan fingerprint density at radius 2 is 2.11 bits per heavy atom. The first-order chi connectivity index (χ1) is 13.4. The van der Waals surface area contributed by atoms with Crippen LogP contribution < -0.4 is 5.73 Å². The first-order valence-corrected chi connectivity index (χ1v) is 9.22. The number of aromatic nitrogens is 2. The van der Waals surface area contributed by atoms with Gasteiger partial charge in [0, 0.05) is 23.2 Å². The number of amides is 1. The summed E-state index contributed by atoms with van der Waals surface area (Å²) < 4.78 is 0. The number of halogens is 1. The molecule has 3 rings (SSSR count). The second-order valence-electron chi connectivity index (χ2n) is 6.71. The van der Waals surface area contributed by atoms with E-state index in [0.717, 1.165) is 16.5 Å². The third-order valence-electron chi connectivity index (χ3n) is 4.59. The van der Waals surface area contributed by atoms with Crippen molar-refractivity contribution in [2.24, 2.45) is 0 Å². The molecule has 0 saturated carbocycles. The molecule has 0 aliphatic heterocycles. The van der Waals surface area contributed by atoms with E-state index in [9.17, 15) is 4.79 Å². The number of hydrogen-bond acceptors (Lipinski definition) is 5. The molecule has 28 heavy (non-hydrogen) atoms. The average molecular weight is 394 g/mol. The normalized spacial score (nSPS) is 11.8. The Labute approximate surface area is 168 Å². The lowest BCUT2D eigenvalue weighted by Gasteiger charge is -2.28. The van der Waals surface area contributed by atoms with Crippen molar-refractivity contribution in [3.8, 4) is 6.07 Å². The third kappa shape index (κ3) is 4.21. The van der Waals surface area contributed by atoms with E-state index in [1.807, 2.05) is 19.9 Å². The van der Waals surface area contributed by atoms with Gasteiger partial charge in [-0.25, -0.2) is 4.98 Å². The molecule has 3 aromatic rings. The van der Waals surface area contributed by atoms with E-state index in [4.69, 9.17) is 22.6 Å². The summed E-state index contributed by atoms with van der Waals surface area (Å²) in [6.45, 7) is 4.02. The highest BCUT2D eigenvalue weighted by atomic mass is 35.5. The molecule has 2 N–H and O–H groups in total. The van der Waals surface area contributed by atoms with Gasteiger partial charge in [0.1, 0.15) is 5.82 Å². The zero-order chi connectivity index (χ0) is 20.3. The van der Waals surface area contributed by atoms with Crippen LogP contribution >= 0.6 is 11.6 Å². The molecular formula is C21H20ClN5O. The number of rotatable bonds is 5. The molecule has 0 fully saturated rings. The fourth-order valence-corrected chi connectivity index (χ4v) is 3.05. The van der Waals surface area contributed by atoms with Crippen molar-refractivity contribution < 1.29 is 4.79 Å². The minimum absolute atomic E-state index is 0.170. The Hall–Kier alpha value is -3.17. The van der Waals surface area contributed by atoms with Crippen LogP contribution in [0.1, 0.15) is 35.0 Å². The molecule has 1 amide bonds. The van der Waals surface area contributed by atoms with Crippen molar-refractivity contribution in [2.75, 3.05) is 5.73 Å². The van der Waals surface area contributed by atoms with Gasteiger partial charge in [0.2, 0.25) is 0 Å². The molecular weight excluding hydrogens is 374 g/mol. The summed E-state index contributed by atoms with van der Waals surface area (Å²) >= 11 is 5.90. The van der Waals surface area contributed by atoms with Crippen molar-refractivity contribution in [2.45, 2.75) is 32.9 Å². The van der Waals surface area contributed by atoms with Crippen molar-refractivity contribution in [3.63, 3.8) is 0 Å². The lowest BCUT2D eigenvalue weighted by molar-refractivity contribution is 0.0676. The fourth-order valence-electron chi connectivity index (χ4n) is 2.94. The first-order valence-electron chi connectivity index (χ1n) is 8.84. The molecule has 1 aromatic carbocycles. The molecule has 0 aliphatic rings. The van der Waals surface area contributed by atoms with E-state index < -0.39 is 0 Å². The number of carbonyl (C=O) groups is 1. The number of hydrogen-bond donors (Lipinski definition) is 1. The third-order valence-corrected chi connectivity index (χ3v) is 4.82. The van der Waals surface area contributed by atoms with Crippen LogP contribution in [0.3, 0.4) is 0 Å². The Balaban J connectivity index is 1.95. The van der Waals surface area contributed by atoms with Gasteiger partial charge in [0.15, 0.2) is 0 Å². The number of anilines is 1. The second kappa shape index (κ2) is 8.24. The predicted molar refractivity (Wildman–Crippen MR) is 110 cm³/mol. The van der Waals surface area contributed by atoms with Crippen LogP contribution in [0.15, 0.2) is 42.6 Å². The lowest BCUT2D eigenvalue weighted by Crippen LogP contribution is -2.38. The van der Waals surface area contributed by atoms with Crippen molar-refractivity contribution in [3.05, 3.63) is 64.4 Å². The van der Waals surface area contributed by atoms with Gasteiger partial charge >= 0.3 is 0 Å². The van der Waals surface area contributed by atoms with Crippen LogP contribution in [-0.2, 0) is 6.54 Å². The number of carbonyl (C=O) groups excluding carboxylic acids is 1. The van der Waals surface area contributed by atoms with Gasteiger partial charge in [-0.1, -0.05) is 11.6 Å². The SMILES string of the molecule is Cc1cc2cc(C(=O)N(Cc3ccc(Cl)cn3)C(C)CC#N)ccc2nc1N. The van der Waals surface area contributed by atoms with Gasteiger partial charge in [-0.3, -0.25) is 9.78 Å². The van der Waals surface area contributed by atoms with Crippen molar-refractivity contribution >= 4 is 34.2 Å². The Bertz CT molecular complexity index is 1060. The molecule has 0 bridgehead atoms. The van der Waals surface area contributed by atoms with Crippen LogP contribution in [0.25, 0.3) is 10.9 Å². The maximum atomic E-state index is 13.2. The van der Waals surface area contributed by atoms with E-state index in [1.165, 1.54) is 0 Å². The largest absolute Gasteiger partial charge is 0.383 e. The molecule has 142 valence electrons. The Morgan fingerprint density at radius 3 is 2.79 bits per heavy atom. The van der Waals surface area contributed by atoms with Crippen LogP contribution in [0.2, 0.25) is 5.02 Å². The summed E-state index contributed by atoms with van der Waals surface area (Å²) in [5.74, 6) is 0.306. The van der Waals surface area contributed by atoms with E-state index >= 15 is 0 Å². The quantitative estimate of drug-likeness (QED) is 0.703. The second-order valence-corrected chi connectivity index (χ2v) is 7.15. The van der Waals surface area contributed by atoms with Crippen molar-refractivity contribution in [1.82, 2.24) is 14.9 Å². The molecule has 0 spiro atoms. The van der Waals surface area contributed by atoms with E-state index in [0.29, 0.717) is 22.1 Å². The molecule has 0 radical (unpaired) electrons. The predicted octanol–water partition coefficient (Wildman–Crippen LogP) is 4.12. The number of nitrogens with zero attached hydrogens (tertiary/aromatic N) is 4. The maximum Gasteiger partial charge on any atom is 0.254 e. The standard InChI is InChI=1S/C21H20ClN5O/c1-13-9-16-10-15(3-6-19(16)26-20(13)24)21(28)27(14(2)7-8-23)12-18-5-4-17(22)11-25-18/h3-6,9-11,14H,7,12H2,1-2H3,(H2,24,26). The minimum atomic E-state index is -0.267. The molecule has 0 aliphatic carbocycles. The van der Waals surface area contributed by atoms with E-state index in [1.54, 1.807) is 41.4 Å². The number of pyridine rings is 2. The molecule has 1 unspecified atom stereocenters. The summed E-state index contributed by atoms with van der Waals surface area (Å²) in [6, 6.07) is 12.6. The average Bonchev–Trinajstić information content (AvgIpc) is 2.67. The number of nitrogen functional groups attached to an aromatic ring is 1. The molecule has 7 heteroatoms. The molecule has 2 aromatic heterocycles. The minimum Gasteiger partial charge on any atom is -0.383 e. The zero-order valence-electron chi connectivity index (χ0n) is 15.7. The van der Waals surface area contributed by atoms with Crippen LogP contribution in [0, 0.1) is 18.3 Å². The lowest BCUT2D eigenvalue weighted by atomic mass is 10.1. The Morgan fingerprint density at radius 1 is 1.32 bits per heavy atom. The van der Waals surface area contributed by atoms with Gasteiger partial charge in [-0.2, -0.15) is 5.26 Å². The first kappa shape index (κ1) is 19.6. The summed E-state index contributed by atoms with van der Waals surface area (Å²) in [5.41, 5.74) is 8.69. The number of benzene rings is 1. The van der Waals surface area contributed by atoms with Gasteiger partial charge in [-0.05, 0) is 55.8 Å². The molecule has 0 saturated heterocycles. The summed E-state index contributed by atoms with van der Waals surface area (Å²) in [7, 11) is 0. The van der Waals surface area contributed by atoms with Gasteiger partial charge in [0.25, 0.3) is 5.91 Å². The highest BCUT2D eigenvalue weighted by Crippen LogP contribution is 2.22. The van der Waals surface area contributed by atoms with E-state index in [2.05, 4.69) is 16.0 Å². The van der Waals surface area contributed by atoms with Gasteiger partial charge < -0.3 is 10.6 Å². The fraction of sp³-hybridized carbons (Fsp3) is 0.238. The van der Waals surface area contributed by atoms with Crippen LogP contribution in [0.4, 0.5) is 5.82 Å². The van der Waals surface area contributed by atoms with Crippen molar-refractivity contribution in [1.29, 1.82) is 5.26 Å². The zero-order valence-corrected chi connectivity index (χ0v) is 16.4.